The highest BCUT2D eigenvalue weighted by atomic mass is 16.5. The van der Waals surface area contributed by atoms with Crippen LogP contribution in [0.2, 0.25) is 0 Å². The van der Waals surface area contributed by atoms with E-state index in [2.05, 4.69) is 38.2 Å². The van der Waals surface area contributed by atoms with Gasteiger partial charge in [0, 0.05) is 29.4 Å². The number of pyridine rings is 1. The number of nitrogens with one attached hydrogen (secondary N) is 1. The third-order valence-electron chi connectivity index (χ3n) is 6.00. The Hall–Kier alpha value is -3.09. The second-order valence-electron chi connectivity index (χ2n) is 8.55. The van der Waals surface area contributed by atoms with E-state index in [1.54, 1.807) is 0 Å². The van der Waals surface area contributed by atoms with E-state index in [9.17, 15) is 9.59 Å². The van der Waals surface area contributed by atoms with Crippen molar-refractivity contribution in [3.05, 3.63) is 46.1 Å². The highest BCUT2D eigenvalue weighted by Gasteiger charge is 2.32. The van der Waals surface area contributed by atoms with Gasteiger partial charge in [0.15, 0.2) is 5.92 Å². The number of carbonyl (C=O) groups excluding carboxylic acids is 2. The van der Waals surface area contributed by atoms with Crippen molar-refractivity contribution in [1.82, 2.24) is 4.98 Å². The molecule has 1 N–H and O–H groups in total. The molecule has 0 unspecified atom stereocenters. The lowest BCUT2D eigenvalue weighted by molar-refractivity contribution is -0.158. The van der Waals surface area contributed by atoms with Crippen molar-refractivity contribution in [2.24, 2.45) is 5.92 Å². The van der Waals surface area contributed by atoms with E-state index in [0.29, 0.717) is 23.6 Å². The van der Waals surface area contributed by atoms with E-state index in [0.717, 1.165) is 35.3 Å². The summed E-state index contributed by atoms with van der Waals surface area (Å²) >= 11 is 0. The first kappa shape index (κ1) is 27.2. The van der Waals surface area contributed by atoms with E-state index in [-0.39, 0.29) is 12.5 Å². The Labute approximate surface area is 203 Å². The van der Waals surface area contributed by atoms with E-state index in [4.69, 9.17) is 19.2 Å². The Bertz CT molecular complexity index is 975. The van der Waals surface area contributed by atoms with Crippen LogP contribution in [0.15, 0.2) is 18.2 Å². The number of nitrogens with zero attached hydrogens (tertiary/aromatic N) is 1. The highest BCUT2D eigenvalue weighted by molar-refractivity contribution is 5.95. The van der Waals surface area contributed by atoms with Gasteiger partial charge in [0.25, 0.3) is 0 Å². The molecular formula is C27H38N2O5. The van der Waals surface area contributed by atoms with E-state index >= 15 is 0 Å². The fourth-order valence-corrected chi connectivity index (χ4v) is 4.07. The van der Waals surface area contributed by atoms with E-state index in [1.165, 1.54) is 19.8 Å². The van der Waals surface area contributed by atoms with Crippen LogP contribution in [0.3, 0.4) is 0 Å². The third kappa shape index (κ3) is 6.49. The molecular weight excluding hydrogens is 432 g/mol. The van der Waals surface area contributed by atoms with Gasteiger partial charge in [-0.15, -0.1) is 0 Å². The predicted octanol–water partition coefficient (Wildman–Crippen LogP) is 5.38. The summed E-state index contributed by atoms with van der Waals surface area (Å²) in [6, 6.07) is 6.11. The number of ether oxygens (including phenoxy) is 3. The number of rotatable bonds is 11. The zero-order valence-corrected chi connectivity index (χ0v) is 21.7. The van der Waals surface area contributed by atoms with Crippen molar-refractivity contribution < 1.29 is 23.8 Å². The zero-order chi connectivity index (χ0) is 25.4. The topological polar surface area (TPSA) is 86.8 Å². The first-order valence-corrected chi connectivity index (χ1v) is 11.9. The van der Waals surface area contributed by atoms with Crippen LogP contribution in [0.25, 0.3) is 0 Å². The molecule has 0 spiro atoms. The summed E-state index contributed by atoms with van der Waals surface area (Å²) in [6.45, 7) is 12.3. The fraction of sp³-hybridized carbons (Fsp3) is 0.519. The fourth-order valence-electron chi connectivity index (χ4n) is 4.07. The lowest BCUT2D eigenvalue weighted by Crippen LogP contribution is -2.29. The molecule has 7 heteroatoms. The molecule has 1 heterocycles. The SMILES string of the molecule is CCc1cc(OC(CC)CC)c(CC(C(=O)OC)C(=O)OC)c(Nc2c(C)cc(C)cc2C)n1. The van der Waals surface area contributed by atoms with E-state index < -0.39 is 17.9 Å². The number of carbonyl (C=O) groups is 2. The molecule has 0 fully saturated rings. The lowest BCUT2D eigenvalue weighted by atomic mass is 9.97. The third-order valence-corrected chi connectivity index (χ3v) is 6.00. The van der Waals surface area contributed by atoms with Crippen molar-refractivity contribution in [2.75, 3.05) is 19.5 Å². The Morgan fingerprint density at radius 3 is 1.97 bits per heavy atom. The minimum absolute atomic E-state index is 0.00347. The zero-order valence-electron chi connectivity index (χ0n) is 21.7. The van der Waals surface area contributed by atoms with Gasteiger partial charge >= 0.3 is 11.9 Å². The largest absolute Gasteiger partial charge is 0.490 e. The first-order chi connectivity index (χ1) is 16.2. The number of benzene rings is 1. The maximum atomic E-state index is 12.5. The molecule has 0 saturated carbocycles. The number of hydrogen-bond acceptors (Lipinski definition) is 7. The number of anilines is 2. The molecule has 0 amide bonds. The van der Waals surface area contributed by atoms with Crippen LogP contribution in [-0.4, -0.2) is 37.2 Å². The lowest BCUT2D eigenvalue weighted by Gasteiger charge is -2.24. The van der Waals surface area contributed by atoms with E-state index in [1.807, 2.05) is 26.8 Å². The molecule has 34 heavy (non-hydrogen) atoms. The normalized spacial score (nSPS) is 11.0. The summed E-state index contributed by atoms with van der Waals surface area (Å²) in [7, 11) is 2.52. The van der Waals surface area contributed by atoms with Gasteiger partial charge in [0.1, 0.15) is 11.6 Å². The van der Waals surface area contributed by atoms with Gasteiger partial charge in [0.2, 0.25) is 0 Å². The van der Waals surface area contributed by atoms with Crippen molar-refractivity contribution in [2.45, 2.75) is 73.3 Å². The molecule has 7 nitrogen and oxygen atoms in total. The molecule has 0 aliphatic heterocycles. The van der Waals surface area contributed by atoms with Gasteiger partial charge in [-0.05, 0) is 51.2 Å². The van der Waals surface area contributed by atoms with Gasteiger partial charge in [0.05, 0.1) is 20.3 Å². The number of aromatic nitrogens is 1. The molecule has 0 aliphatic rings. The monoisotopic (exact) mass is 470 g/mol. The Kier molecular flexibility index (Phi) is 9.90. The molecule has 1 aromatic heterocycles. The van der Waals surface area contributed by atoms with Gasteiger partial charge in [-0.1, -0.05) is 38.5 Å². The Morgan fingerprint density at radius 2 is 1.50 bits per heavy atom. The molecule has 0 bridgehead atoms. The smallest absolute Gasteiger partial charge is 0.320 e. The first-order valence-electron chi connectivity index (χ1n) is 11.9. The van der Waals surface area contributed by atoms with Crippen LogP contribution in [0.1, 0.15) is 61.6 Å². The average molecular weight is 471 g/mol. The van der Waals surface area contributed by atoms with Crippen LogP contribution >= 0.6 is 0 Å². The molecule has 1 aromatic carbocycles. The maximum Gasteiger partial charge on any atom is 0.320 e. The second kappa shape index (κ2) is 12.4. The van der Waals surface area contributed by atoms with Crippen molar-refractivity contribution in [1.29, 1.82) is 0 Å². The van der Waals surface area contributed by atoms with Crippen molar-refractivity contribution >= 4 is 23.4 Å². The van der Waals surface area contributed by atoms with Gasteiger partial charge in [-0.3, -0.25) is 9.59 Å². The molecule has 186 valence electrons. The molecule has 0 atom stereocenters. The maximum absolute atomic E-state index is 12.5. The summed E-state index contributed by atoms with van der Waals surface area (Å²) in [5.74, 6) is -1.27. The summed E-state index contributed by atoms with van der Waals surface area (Å²) in [6.07, 6.45) is 2.40. The number of methoxy groups -OCH3 is 2. The second-order valence-corrected chi connectivity index (χ2v) is 8.55. The van der Waals surface area contributed by atoms with Crippen LogP contribution in [0.4, 0.5) is 11.5 Å². The summed E-state index contributed by atoms with van der Waals surface area (Å²) < 4.78 is 16.2. The minimum Gasteiger partial charge on any atom is -0.490 e. The highest BCUT2D eigenvalue weighted by Crippen LogP contribution is 2.35. The summed E-state index contributed by atoms with van der Waals surface area (Å²) in [4.78, 5) is 29.8. The van der Waals surface area contributed by atoms with Gasteiger partial charge < -0.3 is 19.5 Å². The molecule has 2 aromatic rings. The standard InChI is InChI=1S/C27H38N2O5/c1-9-19-14-23(34-20(10-2)11-3)21(15-22(26(30)32-7)27(31)33-8)25(28-19)29-24-17(5)12-16(4)13-18(24)6/h12-14,20,22H,9-11,15H2,1-8H3,(H,28,29). The Balaban J connectivity index is 2.71. The summed E-state index contributed by atoms with van der Waals surface area (Å²) in [5.41, 5.74) is 5.75. The predicted molar refractivity (Wildman–Crippen MR) is 134 cm³/mol. The number of aryl methyl sites for hydroxylation is 4. The van der Waals surface area contributed by atoms with Gasteiger partial charge in [-0.25, -0.2) is 4.98 Å². The van der Waals surface area contributed by atoms with Crippen molar-refractivity contribution in [3.8, 4) is 5.75 Å². The molecule has 0 aliphatic carbocycles. The molecule has 0 saturated heterocycles. The number of esters is 2. The van der Waals surface area contributed by atoms with Crippen molar-refractivity contribution in [3.63, 3.8) is 0 Å². The minimum atomic E-state index is -1.13. The average Bonchev–Trinajstić information content (AvgIpc) is 2.82. The quantitative estimate of drug-likeness (QED) is 0.348. The summed E-state index contributed by atoms with van der Waals surface area (Å²) in [5, 5.41) is 3.48. The van der Waals surface area contributed by atoms with Gasteiger partial charge in [-0.2, -0.15) is 0 Å². The molecule has 2 rings (SSSR count). The van der Waals surface area contributed by atoms with Crippen LogP contribution in [0, 0.1) is 26.7 Å². The van der Waals surface area contributed by atoms with Crippen LogP contribution < -0.4 is 10.1 Å². The Morgan fingerprint density at radius 1 is 0.941 bits per heavy atom. The number of hydrogen-bond donors (Lipinski definition) is 1. The molecule has 0 radical (unpaired) electrons. The van der Waals surface area contributed by atoms with Crippen LogP contribution in [0.5, 0.6) is 5.75 Å². The van der Waals surface area contributed by atoms with Crippen LogP contribution in [-0.2, 0) is 31.9 Å².